The molecule has 0 aliphatic carbocycles. The van der Waals surface area contributed by atoms with Crippen LogP contribution < -0.4 is 5.32 Å². The first-order valence-corrected chi connectivity index (χ1v) is 12.0. The maximum absolute atomic E-state index is 13.1. The van der Waals surface area contributed by atoms with Crippen molar-refractivity contribution in [2.45, 2.75) is 50.0 Å². The summed E-state index contributed by atoms with van der Waals surface area (Å²) in [4.78, 5) is 39.5. The second-order valence-electron chi connectivity index (χ2n) is 7.91. The number of hydrogen-bond acceptors (Lipinski definition) is 9. The number of nitrogens with one attached hydrogen (secondary N) is 1. The van der Waals surface area contributed by atoms with Gasteiger partial charge in [-0.3, -0.25) is 19.7 Å². The quantitative estimate of drug-likeness (QED) is 0.330. The van der Waals surface area contributed by atoms with Gasteiger partial charge in [-0.05, 0) is 19.4 Å². The Kier molecular flexibility index (Phi) is 7.32. The van der Waals surface area contributed by atoms with Crippen LogP contribution >= 0.6 is 0 Å². The number of non-ortho nitro benzene ring substituents is 1. The van der Waals surface area contributed by atoms with Crippen molar-refractivity contribution in [1.82, 2.24) is 9.62 Å². The summed E-state index contributed by atoms with van der Waals surface area (Å²) in [5, 5.41) is 17.5. The third kappa shape index (κ3) is 5.47. The summed E-state index contributed by atoms with van der Waals surface area (Å²) in [6.45, 7) is 3.90. The van der Waals surface area contributed by atoms with Crippen molar-refractivity contribution in [3.63, 3.8) is 0 Å². The van der Waals surface area contributed by atoms with Gasteiger partial charge in [-0.2, -0.15) is 4.31 Å². The van der Waals surface area contributed by atoms with E-state index in [0.29, 0.717) is 18.4 Å². The zero-order valence-corrected chi connectivity index (χ0v) is 19.2. The molecule has 0 unspecified atom stereocenters. The van der Waals surface area contributed by atoms with Crippen LogP contribution in [0.15, 0.2) is 28.3 Å². The Bertz CT molecular complexity index is 1080. The molecule has 2 aliphatic rings. The van der Waals surface area contributed by atoms with Crippen LogP contribution in [0.3, 0.4) is 0 Å². The molecule has 0 saturated carbocycles. The number of aryl methyl sites for hydroxylation is 1. The lowest BCUT2D eigenvalue weighted by Gasteiger charge is -2.36. The minimum Gasteiger partial charge on any atom is -0.466 e. The van der Waals surface area contributed by atoms with Crippen LogP contribution in [-0.2, 0) is 29.2 Å². The van der Waals surface area contributed by atoms with Gasteiger partial charge < -0.3 is 14.9 Å². The second-order valence-corrected chi connectivity index (χ2v) is 9.82. The maximum Gasteiger partial charge on any atom is 0.307 e. The van der Waals surface area contributed by atoms with Crippen LogP contribution in [0.5, 0.6) is 0 Å². The zero-order valence-electron chi connectivity index (χ0n) is 18.4. The van der Waals surface area contributed by atoms with Gasteiger partial charge in [-0.15, -0.1) is 0 Å². The number of piperidine rings is 1. The highest BCUT2D eigenvalue weighted by molar-refractivity contribution is 7.89. The number of hydrogen-bond donors (Lipinski definition) is 1. The van der Waals surface area contributed by atoms with E-state index in [2.05, 4.69) is 10.5 Å². The molecule has 3 rings (SSSR count). The van der Waals surface area contributed by atoms with Crippen molar-refractivity contribution >= 4 is 33.3 Å². The Morgan fingerprint density at radius 1 is 1.33 bits per heavy atom. The SMILES string of the molecule is CCOC(=O)CCNC(=O)C1=NOC2(CCN(S(=O)(=O)c3cc([N+](=O)[O-])ccc3C)CC2)C1. The fourth-order valence-corrected chi connectivity index (χ4v) is 5.46. The number of amides is 1. The predicted molar refractivity (Wildman–Crippen MR) is 116 cm³/mol. The lowest BCUT2D eigenvalue weighted by Crippen LogP contribution is -2.47. The fourth-order valence-electron chi connectivity index (χ4n) is 3.78. The summed E-state index contributed by atoms with van der Waals surface area (Å²) in [6, 6.07) is 3.75. The van der Waals surface area contributed by atoms with E-state index < -0.39 is 32.4 Å². The molecule has 13 heteroatoms. The Labute approximate surface area is 191 Å². The Morgan fingerprint density at radius 3 is 2.67 bits per heavy atom. The highest BCUT2D eigenvalue weighted by atomic mass is 32.2. The van der Waals surface area contributed by atoms with E-state index in [1.165, 1.54) is 16.4 Å². The fraction of sp³-hybridized carbons (Fsp3) is 0.550. The molecule has 1 fully saturated rings. The molecule has 1 spiro atoms. The molecule has 33 heavy (non-hydrogen) atoms. The molecule has 0 radical (unpaired) electrons. The van der Waals surface area contributed by atoms with Crippen LogP contribution in [-0.4, -0.2) is 67.1 Å². The van der Waals surface area contributed by atoms with Crippen molar-refractivity contribution in [3.8, 4) is 0 Å². The van der Waals surface area contributed by atoms with Crippen molar-refractivity contribution in [2.75, 3.05) is 26.2 Å². The molecule has 0 bridgehead atoms. The number of benzene rings is 1. The monoisotopic (exact) mass is 482 g/mol. The van der Waals surface area contributed by atoms with Gasteiger partial charge in [-0.1, -0.05) is 11.2 Å². The molecule has 1 saturated heterocycles. The van der Waals surface area contributed by atoms with Gasteiger partial charge in [0.1, 0.15) is 11.3 Å². The molecule has 180 valence electrons. The molecule has 0 aromatic heterocycles. The lowest BCUT2D eigenvalue weighted by molar-refractivity contribution is -0.385. The van der Waals surface area contributed by atoms with Crippen molar-refractivity contribution < 1.29 is 32.5 Å². The minimum atomic E-state index is -3.94. The highest BCUT2D eigenvalue weighted by Crippen LogP contribution is 2.37. The van der Waals surface area contributed by atoms with Crippen molar-refractivity contribution in [2.24, 2.45) is 5.16 Å². The number of ether oxygens (including phenoxy) is 1. The number of carbonyl (C=O) groups excluding carboxylic acids is 2. The van der Waals surface area contributed by atoms with E-state index in [9.17, 15) is 28.1 Å². The van der Waals surface area contributed by atoms with Gasteiger partial charge in [0.15, 0.2) is 0 Å². The second kappa shape index (κ2) is 9.83. The molecule has 12 nitrogen and oxygen atoms in total. The van der Waals surface area contributed by atoms with Crippen molar-refractivity contribution in [1.29, 1.82) is 0 Å². The molecule has 0 atom stereocenters. The molecule has 1 amide bonds. The minimum absolute atomic E-state index is 0.0444. The first-order valence-electron chi connectivity index (χ1n) is 10.5. The van der Waals surface area contributed by atoms with Crippen LogP contribution in [0.2, 0.25) is 0 Å². The number of oxime groups is 1. The normalized spacial score (nSPS) is 17.8. The molecule has 2 heterocycles. The number of nitro benzene ring substituents is 1. The lowest BCUT2D eigenvalue weighted by atomic mass is 9.87. The van der Waals surface area contributed by atoms with E-state index in [1.807, 2.05) is 0 Å². The van der Waals surface area contributed by atoms with E-state index >= 15 is 0 Å². The first-order chi connectivity index (χ1) is 15.6. The standard InChI is InChI=1S/C20H26N4O8S/c1-3-31-18(25)6-9-21-19(26)16-13-20(32-22-16)7-10-23(11-8-20)33(29,30)17-12-15(24(27)28)5-4-14(17)2/h4-5,12H,3,6-11,13H2,1-2H3,(H,21,26). The third-order valence-electron chi connectivity index (χ3n) is 5.66. The van der Waals surface area contributed by atoms with Crippen molar-refractivity contribution in [3.05, 3.63) is 33.9 Å². The van der Waals surface area contributed by atoms with Crippen LogP contribution in [0, 0.1) is 17.0 Å². The van der Waals surface area contributed by atoms with E-state index in [-0.39, 0.29) is 55.4 Å². The number of nitrogens with zero attached hydrogens (tertiary/aromatic N) is 3. The van der Waals surface area contributed by atoms with E-state index in [4.69, 9.17) is 9.57 Å². The zero-order chi connectivity index (χ0) is 24.2. The Morgan fingerprint density at radius 2 is 2.03 bits per heavy atom. The van der Waals surface area contributed by atoms with E-state index in [1.54, 1.807) is 13.8 Å². The summed E-state index contributed by atoms with van der Waals surface area (Å²) in [5.74, 6) is -0.857. The average molecular weight is 483 g/mol. The Hall–Kier alpha value is -3.06. The number of rotatable bonds is 8. The number of carbonyl (C=O) groups is 2. The summed E-state index contributed by atoms with van der Waals surface area (Å²) in [6.07, 6.45) is 0.886. The van der Waals surface area contributed by atoms with Gasteiger partial charge in [0.25, 0.3) is 11.6 Å². The Balaban J connectivity index is 1.58. The van der Waals surface area contributed by atoms with E-state index in [0.717, 1.165) is 6.07 Å². The van der Waals surface area contributed by atoms with Gasteiger partial charge in [0.2, 0.25) is 10.0 Å². The predicted octanol–water partition coefficient (Wildman–Crippen LogP) is 1.27. The number of nitro groups is 1. The van der Waals surface area contributed by atoms with Crippen LogP contribution in [0.1, 0.15) is 38.2 Å². The van der Waals surface area contributed by atoms with Gasteiger partial charge in [-0.25, -0.2) is 8.42 Å². The third-order valence-corrected chi connectivity index (χ3v) is 7.70. The smallest absolute Gasteiger partial charge is 0.307 e. The molecular formula is C20H26N4O8S. The maximum atomic E-state index is 13.1. The number of sulfonamides is 1. The first kappa shape index (κ1) is 24.6. The topological polar surface area (TPSA) is 158 Å². The van der Waals surface area contributed by atoms with Gasteiger partial charge in [0, 0.05) is 51.0 Å². The van der Waals surface area contributed by atoms with Gasteiger partial charge in [0.05, 0.1) is 22.8 Å². The summed E-state index contributed by atoms with van der Waals surface area (Å²) in [7, 11) is -3.94. The molecule has 2 aliphatic heterocycles. The molecule has 1 aromatic rings. The molecule has 1 aromatic carbocycles. The van der Waals surface area contributed by atoms with Gasteiger partial charge >= 0.3 is 5.97 Å². The summed E-state index contributed by atoms with van der Waals surface area (Å²) < 4.78 is 32.3. The van der Waals surface area contributed by atoms with Crippen LogP contribution in [0.25, 0.3) is 0 Å². The number of esters is 1. The summed E-state index contributed by atoms with van der Waals surface area (Å²) >= 11 is 0. The highest BCUT2D eigenvalue weighted by Gasteiger charge is 2.46. The molecule has 1 N–H and O–H groups in total. The van der Waals surface area contributed by atoms with Crippen LogP contribution in [0.4, 0.5) is 5.69 Å². The summed E-state index contributed by atoms with van der Waals surface area (Å²) in [5.41, 5.74) is -0.469. The average Bonchev–Trinajstić information content (AvgIpc) is 3.17. The largest absolute Gasteiger partial charge is 0.466 e. The molecular weight excluding hydrogens is 456 g/mol.